The molecule has 2 heterocycles. The number of aromatic nitrogens is 1. The van der Waals surface area contributed by atoms with Gasteiger partial charge in [-0.15, -0.1) is 0 Å². The molecule has 0 N–H and O–H groups in total. The van der Waals surface area contributed by atoms with Crippen LogP contribution in [0.5, 0.6) is 0 Å². The van der Waals surface area contributed by atoms with Crippen LogP contribution in [0.1, 0.15) is 31.4 Å². The quantitative estimate of drug-likeness (QED) is 0.851. The van der Waals surface area contributed by atoms with Crippen LogP contribution < -0.4 is 0 Å². The maximum Gasteiger partial charge on any atom is 0.196 e. The maximum atomic E-state index is 11.6. The highest BCUT2D eigenvalue weighted by atomic mass is 32.2. The molecule has 6 heteroatoms. The molecule has 1 aliphatic heterocycles. The predicted octanol–water partition coefficient (Wildman–Crippen LogP) is 2.04. The first-order valence-corrected chi connectivity index (χ1v) is 8.59. The van der Waals surface area contributed by atoms with Crippen LogP contribution in [-0.2, 0) is 25.1 Å². The van der Waals surface area contributed by atoms with E-state index in [1.807, 2.05) is 0 Å². The second-order valence-corrected chi connectivity index (χ2v) is 7.60. The third kappa shape index (κ3) is 3.02. The Hall–Kier alpha value is -0.980. The highest BCUT2D eigenvalue weighted by molar-refractivity contribution is 7.90. The Kier molecular flexibility index (Phi) is 4.18. The maximum absolute atomic E-state index is 11.6. The number of sulfone groups is 1. The Morgan fingerprint density at radius 1 is 1.35 bits per heavy atom. The van der Waals surface area contributed by atoms with E-state index in [2.05, 4.69) is 18.8 Å². The molecule has 0 aromatic carbocycles. The molecule has 0 spiro atoms. The van der Waals surface area contributed by atoms with Crippen LogP contribution in [0, 0.1) is 12.8 Å². The zero-order valence-electron chi connectivity index (χ0n) is 12.3. The summed E-state index contributed by atoms with van der Waals surface area (Å²) in [4.78, 5) is 4.10. The van der Waals surface area contributed by atoms with E-state index >= 15 is 0 Å². The van der Waals surface area contributed by atoms with Gasteiger partial charge < -0.3 is 9.47 Å². The number of rotatable bonds is 4. The van der Waals surface area contributed by atoms with E-state index in [0.717, 1.165) is 11.8 Å². The third-order valence-corrected chi connectivity index (χ3v) is 4.38. The van der Waals surface area contributed by atoms with Crippen LogP contribution >= 0.6 is 0 Å². The van der Waals surface area contributed by atoms with Gasteiger partial charge in [-0.3, -0.25) is 0 Å². The lowest BCUT2D eigenvalue weighted by atomic mass is 9.96. The summed E-state index contributed by atoms with van der Waals surface area (Å²) in [7, 11) is -3.31. The van der Waals surface area contributed by atoms with Gasteiger partial charge in [-0.1, -0.05) is 13.8 Å². The fraction of sp³-hybridized carbons (Fsp3) is 0.643. The molecule has 0 saturated carbocycles. The molecular formula is C14H21NO4S. The van der Waals surface area contributed by atoms with Crippen molar-refractivity contribution in [3.63, 3.8) is 0 Å². The van der Waals surface area contributed by atoms with Gasteiger partial charge in [0.15, 0.2) is 20.7 Å². The van der Waals surface area contributed by atoms with Crippen molar-refractivity contribution in [3.05, 3.63) is 23.4 Å². The van der Waals surface area contributed by atoms with Gasteiger partial charge in [0.05, 0.1) is 13.2 Å². The number of aryl methyl sites for hydroxylation is 1. The number of hydrogen-bond donors (Lipinski definition) is 0. The lowest BCUT2D eigenvalue weighted by Gasteiger charge is -2.29. The normalized spacial score (nSPS) is 18.6. The number of hydrogen-bond acceptors (Lipinski definition) is 5. The minimum absolute atomic E-state index is 0.110. The first-order valence-electron chi connectivity index (χ1n) is 6.70. The molecule has 20 heavy (non-hydrogen) atoms. The van der Waals surface area contributed by atoms with Gasteiger partial charge in [-0.2, -0.15) is 0 Å². The van der Waals surface area contributed by atoms with Crippen molar-refractivity contribution in [3.8, 4) is 0 Å². The van der Waals surface area contributed by atoms with E-state index in [9.17, 15) is 8.42 Å². The molecule has 5 nitrogen and oxygen atoms in total. The standard InChI is InChI=1S/C14H21NO4S/c1-10(2)8-14(18-5-6-19-14)12-7-11(3)13(15-9-12)20(4,16)17/h7,9-10H,5-6,8H2,1-4H3. The third-order valence-electron chi connectivity index (χ3n) is 3.25. The average molecular weight is 299 g/mol. The monoisotopic (exact) mass is 299 g/mol. The molecule has 0 amide bonds. The SMILES string of the molecule is Cc1cc(C2(CC(C)C)OCCO2)cnc1S(C)(=O)=O. The van der Waals surface area contributed by atoms with Crippen molar-refractivity contribution >= 4 is 9.84 Å². The molecule has 1 fully saturated rings. The summed E-state index contributed by atoms with van der Waals surface area (Å²) in [6.07, 6.45) is 3.43. The van der Waals surface area contributed by atoms with E-state index in [4.69, 9.17) is 9.47 Å². The van der Waals surface area contributed by atoms with Crippen molar-refractivity contribution in [1.29, 1.82) is 0 Å². The van der Waals surface area contributed by atoms with Gasteiger partial charge in [-0.25, -0.2) is 13.4 Å². The summed E-state index contributed by atoms with van der Waals surface area (Å²) < 4.78 is 34.9. The van der Waals surface area contributed by atoms with Gasteiger partial charge in [0.2, 0.25) is 0 Å². The van der Waals surface area contributed by atoms with E-state index < -0.39 is 15.6 Å². The molecular weight excluding hydrogens is 278 g/mol. The highest BCUT2D eigenvalue weighted by Crippen LogP contribution is 2.37. The number of nitrogens with zero attached hydrogens (tertiary/aromatic N) is 1. The molecule has 1 aromatic rings. The van der Waals surface area contributed by atoms with Crippen LogP contribution in [0.3, 0.4) is 0 Å². The van der Waals surface area contributed by atoms with Gasteiger partial charge in [0, 0.05) is 24.4 Å². The molecule has 1 saturated heterocycles. The van der Waals surface area contributed by atoms with E-state index in [-0.39, 0.29) is 5.03 Å². The molecule has 0 unspecified atom stereocenters. The van der Waals surface area contributed by atoms with Crippen LogP contribution in [0.25, 0.3) is 0 Å². The van der Waals surface area contributed by atoms with Crippen LogP contribution in [-0.4, -0.2) is 32.9 Å². The molecule has 1 aliphatic rings. The fourth-order valence-corrected chi connectivity index (χ4v) is 3.44. The summed E-state index contributed by atoms with van der Waals surface area (Å²) in [6, 6.07) is 1.80. The fourth-order valence-electron chi connectivity index (χ4n) is 2.55. The molecule has 2 rings (SSSR count). The van der Waals surface area contributed by atoms with Crippen molar-refractivity contribution in [2.45, 2.75) is 38.0 Å². The van der Waals surface area contributed by atoms with Crippen molar-refractivity contribution < 1.29 is 17.9 Å². The summed E-state index contributed by atoms with van der Waals surface area (Å²) in [5.41, 5.74) is 1.40. The van der Waals surface area contributed by atoms with Gasteiger partial charge in [0.1, 0.15) is 0 Å². The van der Waals surface area contributed by atoms with Crippen LogP contribution in [0.15, 0.2) is 17.3 Å². The minimum atomic E-state index is -3.31. The Labute approximate surface area is 120 Å². The molecule has 0 radical (unpaired) electrons. The van der Waals surface area contributed by atoms with Crippen molar-refractivity contribution in [1.82, 2.24) is 4.98 Å². The second kappa shape index (κ2) is 5.42. The summed E-state index contributed by atoms with van der Waals surface area (Å²) >= 11 is 0. The van der Waals surface area contributed by atoms with Gasteiger partial charge in [0.25, 0.3) is 0 Å². The number of pyridine rings is 1. The number of ether oxygens (including phenoxy) is 2. The van der Waals surface area contributed by atoms with E-state index in [1.54, 1.807) is 19.2 Å². The molecule has 0 aliphatic carbocycles. The zero-order chi connectivity index (χ0) is 15.0. The van der Waals surface area contributed by atoms with Crippen molar-refractivity contribution in [2.75, 3.05) is 19.5 Å². The van der Waals surface area contributed by atoms with Gasteiger partial charge >= 0.3 is 0 Å². The lowest BCUT2D eigenvalue weighted by molar-refractivity contribution is -0.177. The van der Waals surface area contributed by atoms with Crippen molar-refractivity contribution in [2.24, 2.45) is 5.92 Å². The first kappa shape index (κ1) is 15.4. The Morgan fingerprint density at radius 2 is 1.95 bits per heavy atom. The zero-order valence-corrected chi connectivity index (χ0v) is 13.2. The predicted molar refractivity (Wildman–Crippen MR) is 75.1 cm³/mol. The Morgan fingerprint density at radius 3 is 2.40 bits per heavy atom. The molecule has 0 bridgehead atoms. The van der Waals surface area contributed by atoms with E-state index in [0.29, 0.717) is 31.1 Å². The smallest absolute Gasteiger partial charge is 0.196 e. The van der Waals surface area contributed by atoms with Gasteiger partial charge in [-0.05, 0) is 24.5 Å². The Balaban J connectivity index is 2.44. The first-order chi connectivity index (χ1) is 9.24. The molecule has 0 atom stereocenters. The minimum Gasteiger partial charge on any atom is -0.343 e. The molecule has 112 valence electrons. The summed E-state index contributed by atoms with van der Waals surface area (Å²) in [5.74, 6) is -0.398. The molecule has 1 aromatic heterocycles. The van der Waals surface area contributed by atoms with Crippen LogP contribution in [0.2, 0.25) is 0 Å². The summed E-state index contributed by atoms with van der Waals surface area (Å²) in [6.45, 7) is 7.01. The topological polar surface area (TPSA) is 65.5 Å². The second-order valence-electron chi connectivity index (χ2n) is 5.67. The Bertz CT molecular complexity index is 589. The largest absolute Gasteiger partial charge is 0.343 e. The lowest BCUT2D eigenvalue weighted by Crippen LogP contribution is -2.29. The summed E-state index contributed by atoms with van der Waals surface area (Å²) in [5, 5.41) is 0.110. The van der Waals surface area contributed by atoms with E-state index in [1.165, 1.54) is 0 Å². The highest BCUT2D eigenvalue weighted by Gasteiger charge is 2.39. The average Bonchev–Trinajstić information content (AvgIpc) is 2.76. The van der Waals surface area contributed by atoms with Crippen LogP contribution in [0.4, 0.5) is 0 Å².